The standard InChI is InChI=1S/C7H15N3O2/c1-3-7(11)9-5(2)4-6(8)10-12/h5,12H,3-4H2,1-2H3,(H2,8,10)(H,9,11). The van der Waals surface area contributed by atoms with Gasteiger partial charge in [-0.1, -0.05) is 12.1 Å². The maximum Gasteiger partial charge on any atom is 0.219 e. The van der Waals surface area contributed by atoms with Crippen molar-refractivity contribution in [3.05, 3.63) is 0 Å². The highest BCUT2D eigenvalue weighted by Gasteiger charge is 2.06. The molecule has 0 fully saturated rings. The summed E-state index contributed by atoms with van der Waals surface area (Å²) in [5, 5.41) is 13.7. The fraction of sp³-hybridized carbons (Fsp3) is 0.714. The lowest BCUT2D eigenvalue weighted by Crippen LogP contribution is -2.35. The number of amidine groups is 1. The monoisotopic (exact) mass is 173 g/mol. The third-order valence-electron chi connectivity index (χ3n) is 1.37. The largest absolute Gasteiger partial charge is 0.409 e. The number of hydrogen-bond acceptors (Lipinski definition) is 3. The molecule has 0 aromatic heterocycles. The molecule has 12 heavy (non-hydrogen) atoms. The molecule has 4 N–H and O–H groups in total. The molecule has 1 unspecified atom stereocenters. The number of carbonyl (C=O) groups is 1. The lowest BCUT2D eigenvalue weighted by atomic mass is 10.2. The zero-order valence-corrected chi connectivity index (χ0v) is 7.37. The molecule has 0 aliphatic rings. The topological polar surface area (TPSA) is 87.7 Å². The summed E-state index contributed by atoms with van der Waals surface area (Å²) in [4.78, 5) is 10.8. The first-order valence-electron chi connectivity index (χ1n) is 3.85. The van der Waals surface area contributed by atoms with Gasteiger partial charge in [0.1, 0.15) is 5.84 Å². The minimum atomic E-state index is -0.0895. The normalized spacial score (nSPS) is 14.0. The van der Waals surface area contributed by atoms with Crippen LogP contribution in [0.3, 0.4) is 0 Å². The lowest BCUT2D eigenvalue weighted by Gasteiger charge is -2.11. The predicted molar refractivity (Wildman–Crippen MR) is 45.9 cm³/mol. The van der Waals surface area contributed by atoms with E-state index in [1.54, 1.807) is 13.8 Å². The van der Waals surface area contributed by atoms with Crippen molar-refractivity contribution >= 4 is 11.7 Å². The average molecular weight is 173 g/mol. The van der Waals surface area contributed by atoms with E-state index in [1.165, 1.54) is 0 Å². The van der Waals surface area contributed by atoms with Gasteiger partial charge in [-0.25, -0.2) is 0 Å². The van der Waals surface area contributed by atoms with Gasteiger partial charge in [0.15, 0.2) is 0 Å². The molecule has 0 aromatic rings. The molecule has 0 bridgehead atoms. The van der Waals surface area contributed by atoms with Crippen LogP contribution in [0.25, 0.3) is 0 Å². The van der Waals surface area contributed by atoms with E-state index in [9.17, 15) is 4.79 Å². The van der Waals surface area contributed by atoms with Gasteiger partial charge in [0, 0.05) is 18.9 Å². The summed E-state index contributed by atoms with van der Waals surface area (Å²) in [5.41, 5.74) is 5.24. The van der Waals surface area contributed by atoms with Crippen LogP contribution in [-0.2, 0) is 4.79 Å². The Morgan fingerprint density at radius 2 is 2.33 bits per heavy atom. The molecule has 5 nitrogen and oxygen atoms in total. The number of carbonyl (C=O) groups excluding carboxylic acids is 1. The van der Waals surface area contributed by atoms with Gasteiger partial charge in [0.05, 0.1) is 0 Å². The molecule has 0 aliphatic heterocycles. The second-order valence-electron chi connectivity index (χ2n) is 2.62. The molecule has 1 atom stereocenters. The Hall–Kier alpha value is -1.26. The van der Waals surface area contributed by atoms with Crippen molar-refractivity contribution in [3.63, 3.8) is 0 Å². The van der Waals surface area contributed by atoms with E-state index >= 15 is 0 Å². The van der Waals surface area contributed by atoms with E-state index in [4.69, 9.17) is 10.9 Å². The Bertz CT molecular complexity index is 179. The maximum atomic E-state index is 10.8. The van der Waals surface area contributed by atoms with Crippen molar-refractivity contribution in [1.29, 1.82) is 0 Å². The van der Waals surface area contributed by atoms with Gasteiger partial charge in [0.2, 0.25) is 5.91 Å². The second-order valence-corrected chi connectivity index (χ2v) is 2.62. The van der Waals surface area contributed by atoms with Crippen LogP contribution in [0.5, 0.6) is 0 Å². The molecule has 5 heteroatoms. The van der Waals surface area contributed by atoms with Gasteiger partial charge >= 0.3 is 0 Å². The molecular formula is C7H15N3O2. The first-order chi connectivity index (χ1) is 5.60. The number of hydrogen-bond donors (Lipinski definition) is 3. The van der Waals surface area contributed by atoms with Crippen molar-refractivity contribution in [2.75, 3.05) is 0 Å². The van der Waals surface area contributed by atoms with Crippen molar-refractivity contribution < 1.29 is 10.0 Å². The van der Waals surface area contributed by atoms with Crippen LogP contribution in [0.1, 0.15) is 26.7 Å². The van der Waals surface area contributed by atoms with Gasteiger partial charge in [-0.3, -0.25) is 4.79 Å². The second kappa shape index (κ2) is 5.40. The Morgan fingerprint density at radius 1 is 1.75 bits per heavy atom. The Kier molecular flexibility index (Phi) is 4.83. The summed E-state index contributed by atoms with van der Waals surface area (Å²) >= 11 is 0. The van der Waals surface area contributed by atoms with E-state index in [-0.39, 0.29) is 17.8 Å². The third-order valence-corrected chi connectivity index (χ3v) is 1.37. The quantitative estimate of drug-likeness (QED) is 0.243. The van der Waals surface area contributed by atoms with E-state index in [1.807, 2.05) is 0 Å². The van der Waals surface area contributed by atoms with Gasteiger partial charge in [0.25, 0.3) is 0 Å². The first kappa shape index (κ1) is 10.7. The SMILES string of the molecule is CCC(=O)NC(C)CC(N)=NO. The van der Waals surface area contributed by atoms with Crippen LogP contribution in [0.15, 0.2) is 5.16 Å². The number of amides is 1. The van der Waals surface area contributed by atoms with E-state index < -0.39 is 0 Å². The Morgan fingerprint density at radius 3 is 2.75 bits per heavy atom. The number of nitrogens with one attached hydrogen (secondary N) is 1. The molecule has 0 radical (unpaired) electrons. The van der Waals surface area contributed by atoms with Crippen LogP contribution in [0.2, 0.25) is 0 Å². The fourth-order valence-corrected chi connectivity index (χ4v) is 0.782. The number of nitrogens with zero attached hydrogens (tertiary/aromatic N) is 1. The van der Waals surface area contributed by atoms with Crippen LogP contribution in [0.4, 0.5) is 0 Å². The number of rotatable bonds is 4. The van der Waals surface area contributed by atoms with Crippen molar-refractivity contribution in [2.24, 2.45) is 10.9 Å². The molecule has 0 rings (SSSR count). The first-order valence-corrected chi connectivity index (χ1v) is 3.85. The number of nitrogens with two attached hydrogens (primary N) is 1. The minimum Gasteiger partial charge on any atom is -0.409 e. The van der Waals surface area contributed by atoms with Gasteiger partial charge in [-0.15, -0.1) is 0 Å². The predicted octanol–water partition coefficient (Wildman–Crippen LogP) is 0.0376. The van der Waals surface area contributed by atoms with Crippen LogP contribution in [0, 0.1) is 0 Å². The van der Waals surface area contributed by atoms with Crippen molar-refractivity contribution in [3.8, 4) is 0 Å². The molecular weight excluding hydrogens is 158 g/mol. The highest BCUT2D eigenvalue weighted by Crippen LogP contribution is 1.91. The molecule has 70 valence electrons. The van der Waals surface area contributed by atoms with Crippen LogP contribution < -0.4 is 11.1 Å². The zero-order chi connectivity index (χ0) is 9.56. The summed E-state index contributed by atoms with van der Waals surface area (Å²) in [5.74, 6) is 0.0899. The average Bonchev–Trinajstić information content (AvgIpc) is 2.03. The highest BCUT2D eigenvalue weighted by atomic mass is 16.4. The molecule has 0 spiro atoms. The van der Waals surface area contributed by atoms with E-state index in [2.05, 4.69) is 10.5 Å². The van der Waals surface area contributed by atoms with Gasteiger partial charge in [-0.2, -0.15) is 0 Å². The van der Waals surface area contributed by atoms with Crippen LogP contribution in [-0.4, -0.2) is 23.0 Å². The molecule has 0 saturated carbocycles. The van der Waals surface area contributed by atoms with E-state index in [0.29, 0.717) is 12.8 Å². The third kappa shape index (κ3) is 4.54. The fourth-order valence-electron chi connectivity index (χ4n) is 0.782. The molecule has 0 aromatic carbocycles. The maximum absolute atomic E-state index is 10.8. The summed E-state index contributed by atoms with van der Waals surface area (Å²) in [6.45, 7) is 3.57. The highest BCUT2D eigenvalue weighted by molar-refractivity contribution is 5.81. The lowest BCUT2D eigenvalue weighted by molar-refractivity contribution is -0.121. The Labute approximate surface area is 71.6 Å². The Balaban J connectivity index is 3.74. The zero-order valence-electron chi connectivity index (χ0n) is 7.37. The number of oxime groups is 1. The van der Waals surface area contributed by atoms with Crippen LogP contribution >= 0.6 is 0 Å². The molecule has 0 saturated heterocycles. The van der Waals surface area contributed by atoms with E-state index in [0.717, 1.165) is 0 Å². The summed E-state index contributed by atoms with van der Waals surface area (Å²) in [6, 6.07) is -0.0895. The molecule has 0 heterocycles. The molecule has 0 aliphatic carbocycles. The summed E-state index contributed by atoms with van der Waals surface area (Å²) in [6.07, 6.45) is 0.808. The van der Waals surface area contributed by atoms with Gasteiger partial charge in [-0.05, 0) is 6.92 Å². The smallest absolute Gasteiger partial charge is 0.219 e. The minimum absolute atomic E-state index is 0.0340. The van der Waals surface area contributed by atoms with Gasteiger partial charge < -0.3 is 16.3 Å². The molecule has 1 amide bonds. The van der Waals surface area contributed by atoms with Crippen molar-refractivity contribution in [2.45, 2.75) is 32.7 Å². The summed E-state index contributed by atoms with van der Waals surface area (Å²) < 4.78 is 0. The van der Waals surface area contributed by atoms with Crippen molar-refractivity contribution in [1.82, 2.24) is 5.32 Å². The summed E-state index contributed by atoms with van der Waals surface area (Å²) in [7, 11) is 0.